The van der Waals surface area contributed by atoms with E-state index in [1.54, 1.807) is 12.1 Å². The molecule has 3 rings (SSSR count). The number of aromatic nitrogens is 3. The fourth-order valence-corrected chi connectivity index (χ4v) is 2.41. The van der Waals surface area contributed by atoms with Gasteiger partial charge in [-0.25, -0.2) is 4.79 Å². The number of pyridine rings is 1. The molecular formula is C17H11F3N4O. The van der Waals surface area contributed by atoms with Crippen molar-refractivity contribution in [3.63, 3.8) is 0 Å². The summed E-state index contributed by atoms with van der Waals surface area (Å²) in [5, 5.41) is 3.10. The van der Waals surface area contributed by atoms with Crippen molar-refractivity contribution in [1.82, 2.24) is 14.5 Å². The van der Waals surface area contributed by atoms with Crippen molar-refractivity contribution < 1.29 is 13.2 Å². The average Bonchev–Trinajstić information content (AvgIpc) is 2.59. The maximum absolute atomic E-state index is 13.1. The Balaban J connectivity index is 2.36. The molecule has 0 saturated carbocycles. The highest BCUT2D eigenvalue weighted by atomic mass is 19.4. The number of fused-ring (bicyclic) bond motifs is 1. The summed E-state index contributed by atoms with van der Waals surface area (Å²) in [5.41, 5.74) is -1.24. The zero-order chi connectivity index (χ0) is 18.0. The fourth-order valence-electron chi connectivity index (χ4n) is 2.41. The quantitative estimate of drug-likeness (QED) is 0.743. The van der Waals surface area contributed by atoms with Crippen LogP contribution in [0, 0.1) is 12.3 Å². The maximum atomic E-state index is 13.1. The molecule has 0 saturated heterocycles. The third-order valence-corrected chi connectivity index (χ3v) is 3.48. The second-order valence-electron chi connectivity index (χ2n) is 5.08. The normalized spacial score (nSPS) is 11.3. The standard InChI is InChI=1S/C17H11F3N4O/c1-2-7-22-15-13-6-5-11(17(18,19)20)9-14(13)24(16(25)23-15)12-4-3-8-21-10-12/h1,3-6,8-10H,7H2,(H,22,23,25). The largest absolute Gasteiger partial charge is 0.416 e. The van der Waals surface area contributed by atoms with Crippen molar-refractivity contribution in [3.8, 4) is 18.0 Å². The first kappa shape index (κ1) is 16.5. The van der Waals surface area contributed by atoms with Crippen molar-refractivity contribution in [2.45, 2.75) is 6.18 Å². The van der Waals surface area contributed by atoms with E-state index in [9.17, 15) is 18.0 Å². The predicted molar refractivity (Wildman–Crippen MR) is 87.5 cm³/mol. The number of halogens is 3. The van der Waals surface area contributed by atoms with Gasteiger partial charge in [0.25, 0.3) is 0 Å². The minimum absolute atomic E-state index is 0.0577. The number of alkyl halides is 3. The number of terminal acetylenes is 1. The van der Waals surface area contributed by atoms with Crippen LogP contribution in [0.3, 0.4) is 0 Å². The maximum Gasteiger partial charge on any atom is 0.416 e. The molecule has 0 atom stereocenters. The van der Waals surface area contributed by atoms with E-state index < -0.39 is 17.4 Å². The van der Waals surface area contributed by atoms with Gasteiger partial charge in [-0.1, -0.05) is 5.92 Å². The molecule has 126 valence electrons. The summed E-state index contributed by atoms with van der Waals surface area (Å²) in [6.07, 6.45) is 3.50. The highest BCUT2D eigenvalue weighted by Gasteiger charge is 2.31. The van der Waals surface area contributed by atoms with Crippen LogP contribution in [0.2, 0.25) is 0 Å². The molecule has 0 bridgehead atoms. The molecule has 1 aromatic carbocycles. The number of nitrogens with one attached hydrogen (secondary N) is 1. The average molecular weight is 344 g/mol. The zero-order valence-corrected chi connectivity index (χ0v) is 12.7. The lowest BCUT2D eigenvalue weighted by molar-refractivity contribution is -0.137. The summed E-state index contributed by atoms with van der Waals surface area (Å²) >= 11 is 0. The molecule has 5 nitrogen and oxygen atoms in total. The topological polar surface area (TPSA) is 59.8 Å². The summed E-state index contributed by atoms with van der Waals surface area (Å²) in [4.78, 5) is 20.2. The van der Waals surface area contributed by atoms with Gasteiger partial charge in [-0.3, -0.25) is 9.55 Å². The van der Waals surface area contributed by atoms with E-state index in [0.717, 1.165) is 16.7 Å². The Morgan fingerprint density at radius 2 is 2.08 bits per heavy atom. The summed E-state index contributed by atoms with van der Waals surface area (Å²) in [7, 11) is 0. The molecular weight excluding hydrogens is 333 g/mol. The van der Waals surface area contributed by atoms with Crippen molar-refractivity contribution in [2.24, 2.45) is 0 Å². The van der Waals surface area contributed by atoms with Crippen LogP contribution in [-0.4, -0.2) is 21.1 Å². The molecule has 2 aromatic heterocycles. The number of hydrogen-bond acceptors (Lipinski definition) is 4. The molecule has 0 aliphatic rings. The van der Waals surface area contributed by atoms with Gasteiger partial charge >= 0.3 is 11.9 Å². The van der Waals surface area contributed by atoms with Crippen LogP contribution in [0.5, 0.6) is 0 Å². The molecule has 2 heterocycles. The number of rotatable bonds is 3. The predicted octanol–water partition coefficient (Wildman–Crippen LogP) is 2.84. The van der Waals surface area contributed by atoms with Gasteiger partial charge < -0.3 is 5.32 Å². The Hall–Kier alpha value is -3.34. The van der Waals surface area contributed by atoms with Crippen molar-refractivity contribution in [2.75, 3.05) is 11.9 Å². The SMILES string of the molecule is C#CCNc1nc(=O)n(-c2cccnc2)c2cc(C(F)(F)F)ccc12. The smallest absolute Gasteiger partial charge is 0.358 e. The van der Waals surface area contributed by atoms with Crippen LogP contribution in [0.1, 0.15) is 5.56 Å². The highest BCUT2D eigenvalue weighted by molar-refractivity contribution is 5.91. The van der Waals surface area contributed by atoms with E-state index >= 15 is 0 Å². The van der Waals surface area contributed by atoms with Crippen LogP contribution in [0.15, 0.2) is 47.5 Å². The van der Waals surface area contributed by atoms with Crippen LogP contribution in [0.25, 0.3) is 16.6 Å². The van der Waals surface area contributed by atoms with Gasteiger partial charge in [-0.05, 0) is 30.3 Å². The number of hydrogen-bond donors (Lipinski definition) is 1. The van der Waals surface area contributed by atoms with Gasteiger partial charge in [-0.2, -0.15) is 18.2 Å². The van der Waals surface area contributed by atoms with Gasteiger partial charge in [0.05, 0.1) is 29.5 Å². The molecule has 0 aliphatic heterocycles. The second-order valence-corrected chi connectivity index (χ2v) is 5.08. The zero-order valence-electron chi connectivity index (χ0n) is 12.7. The van der Waals surface area contributed by atoms with E-state index in [-0.39, 0.29) is 17.9 Å². The summed E-state index contributed by atoms with van der Waals surface area (Å²) in [6, 6.07) is 6.24. The monoisotopic (exact) mass is 344 g/mol. The third-order valence-electron chi connectivity index (χ3n) is 3.48. The van der Waals surface area contributed by atoms with Gasteiger partial charge in [0, 0.05) is 11.6 Å². The molecule has 8 heteroatoms. The fraction of sp³-hybridized carbons (Fsp3) is 0.118. The lowest BCUT2D eigenvalue weighted by Gasteiger charge is -2.15. The molecule has 25 heavy (non-hydrogen) atoms. The van der Waals surface area contributed by atoms with E-state index in [0.29, 0.717) is 11.1 Å². The van der Waals surface area contributed by atoms with Crippen LogP contribution in [-0.2, 0) is 6.18 Å². The molecule has 1 N–H and O–H groups in total. The minimum atomic E-state index is -4.54. The van der Waals surface area contributed by atoms with Crippen LogP contribution >= 0.6 is 0 Å². The lowest BCUT2D eigenvalue weighted by Crippen LogP contribution is -2.24. The van der Waals surface area contributed by atoms with Crippen molar-refractivity contribution >= 4 is 16.7 Å². The first-order valence-corrected chi connectivity index (χ1v) is 7.13. The Morgan fingerprint density at radius 1 is 1.28 bits per heavy atom. The molecule has 0 amide bonds. The first-order chi connectivity index (χ1) is 11.9. The number of benzene rings is 1. The first-order valence-electron chi connectivity index (χ1n) is 7.13. The van der Waals surface area contributed by atoms with Crippen LogP contribution in [0.4, 0.5) is 19.0 Å². The Labute approximate surface area is 140 Å². The van der Waals surface area contributed by atoms with Gasteiger partial charge in [0.2, 0.25) is 0 Å². The lowest BCUT2D eigenvalue weighted by atomic mass is 10.1. The molecule has 0 aliphatic carbocycles. The van der Waals surface area contributed by atoms with E-state index in [4.69, 9.17) is 6.42 Å². The van der Waals surface area contributed by atoms with Crippen molar-refractivity contribution in [3.05, 3.63) is 58.8 Å². The molecule has 0 unspecified atom stereocenters. The molecule has 0 radical (unpaired) electrons. The number of nitrogens with zero attached hydrogens (tertiary/aromatic N) is 3. The minimum Gasteiger partial charge on any atom is -0.358 e. The second kappa shape index (κ2) is 6.28. The molecule has 0 spiro atoms. The van der Waals surface area contributed by atoms with Crippen molar-refractivity contribution in [1.29, 1.82) is 0 Å². The molecule has 3 aromatic rings. The summed E-state index contributed by atoms with van der Waals surface area (Å²) < 4.78 is 40.4. The Bertz CT molecular complexity index is 1020. The molecule has 0 fully saturated rings. The summed E-state index contributed by atoms with van der Waals surface area (Å²) in [6.45, 7) is 0.0828. The Morgan fingerprint density at radius 3 is 2.72 bits per heavy atom. The third kappa shape index (κ3) is 3.17. The van der Waals surface area contributed by atoms with Gasteiger partial charge in [-0.15, -0.1) is 6.42 Å². The van der Waals surface area contributed by atoms with E-state index in [1.165, 1.54) is 18.5 Å². The van der Waals surface area contributed by atoms with E-state index in [1.807, 2.05) is 0 Å². The number of anilines is 1. The van der Waals surface area contributed by atoms with Crippen LogP contribution < -0.4 is 11.0 Å². The van der Waals surface area contributed by atoms with E-state index in [2.05, 4.69) is 21.2 Å². The van der Waals surface area contributed by atoms with Gasteiger partial charge in [0.1, 0.15) is 5.82 Å². The van der Waals surface area contributed by atoms with Gasteiger partial charge in [0.15, 0.2) is 0 Å². The highest BCUT2D eigenvalue weighted by Crippen LogP contribution is 2.32. The summed E-state index contributed by atoms with van der Waals surface area (Å²) in [5.74, 6) is 2.46. The Kier molecular flexibility index (Phi) is 4.15.